The monoisotopic (exact) mass is 333 g/mol. The molecule has 0 saturated heterocycles. The van der Waals surface area contributed by atoms with Gasteiger partial charge in [0, 0.05) is 22.5 Å². The maximum absolute atomic E-state index is 6.38. The maximum atomic E-state index is 6.38. The number of nitrogen functional groups attached to an aromatic ring is 1. The molecule has 0 radical (unpaired) electrons. The quantitative estimate of drug-likeness (QED) is 0.895. The Hall–Kier alpha value is -1.29. The van der Waals surface area contributed by atoms with E-state index < -0.39 is 0 Å². The van der Waals surface area contributed by atoms with Crippen molar-refractivity contribution in [1.29, 1.82) is 0 Å². The zero-order chi connectivity index (χ0) is 14.3. The molecule has 0 bridgehead atoms. The van der Waals surface area contributed by atoms with Gasteiger partial charge in [-0.15, -0.1) is 0 Å². The van der Waals surface area contributed by atoms with E-state index in [0.29, 0.717) is 6.04 Å². The van der Waals surface area contributed by atoms with Crippen molar-refractivity contribution in [2.75, 3.05) is 5.73 Å². The summed E-state index contributed by atoms with van der Waals surface area (Å²) in [6.45, 7) is 4.27. The van der Waals surface area contributed by atoms with Crippen LogP contribution in [-0.4, -0.2) is 9.55 Å². The Morgan fingerprint density at radius 1 is 1.40 bits per heavy atom. The number of rotatable bonds is 4. The van der Waals surface area contributed by atoms with Gasteiger partial charge in [-0.25, -0.2) is 4.98 Å². The minimum absolute atomic E-state index is 0.576. The van der Waals surface area contributed by atoms with Crippen LogP contribution >= 0.6 is 15.9 Å². The standard InChI is InChI=1S/C16H20BrN3/c1-3-4-14-19-15(16(18)20(14)12-7-8-12)11-6-5-10(2)13(17)9-11/h5-6,9,12H,3-4,7-8,18H2,1-2H3. The molecule has 1 aliphatic rings. The number of imidazole rings is 1. The third-order valence-corrected chi connectivity index (χ3v) is 4.71. The van der Waals surface area contributed by atoms with Crippen LogP contribution < -0.4 is 5.73 Å². The Morgan fingerprint density at radius 3 is 2.75 bits per heavy atom. The molecule has 1 aromatic carbocycles. The highest BCUT2D eigenvalue weighted by atomic mass is 79.9. The maximum Gasteiger partial charge on any atom is 0.131 e. The van der Waals surface area contributed by atoms with Crippen LogP contribution in [-0.2, 0) is 6.42 Å². The van der Waals surface area contributed by atoms with Crippen molar-refractivity contribution in [3.8, 4) is 11.3 Å². The molecule has 1 saturated carbocycles. The summed E-state index contributed by atoms with van der Waals surface area (Å²) < 4.78 is 3.36. The number of hydrogen-bond donors (Lipinski definition) is 1. The van der Waals surface area contributed by atoms with Crippen LogP contribution in [0.5, 0.6) is 0 Å². The Balaban J connectivity index is 2.08. The molecule has 1 heterocycles. The fraction of sp³-hybridized carbons (Fsp3) is 0.438. The second kappa shape index (κ2) is 5.24. The van der Waals surface area contributed by atoms with Gasteiger partial charge in [-0.1, -0.05) is 35.0 Å². The Kier molecular flexibility index (Phi) is 3.59. The molecule has 106 valence electrons. The molecule has 1 fully saturated rings. The van der Waals surface area contributed by atoms with E-state index in [-0.39, 0.29) is 0 Å². The van der Waals surface area contributed by atoms with Crippen LogP contribution in [0.1, 0.15) is 43.6 Å². The summed E-state index contributed by atoms with van der Waals surface area (Å²) in [5.74, 6) is 1.96. The lowest BCUT2D eigenvalue weighted by Crippen LogP contribution is -2.05. The Labute approximate surface area is 128 Å². The fourth-order valence-corrected chi connectivity index (χ4v) is 2.96. The van der Waals surface area contributed by atoms with Gasteiger partial charge in [-0.05, 0) is 37.8 Å². The van der Waals surface area contributed by atoms with E-state index in [0.717, 1.165) is 40.2 Å². The van der Waals surface area contributed by atoms with Gasteiger partial charge in [0.2, 0.25) is 0 Å². The van der Waals surface area contributed by atoms with Crippen molar-refractivity contribution in [2.45, 2.75) is 45.6 Å². The lowest BCUT2D eigenvalue weighted by Gasteiger charge is -2.07. The van der Waals surface area contributed by atoms with Gasteiger partial charge in [-0.3, -0.25) is 0 Å². The Morgan fingerprint density at radius 2 is 2.15 bits per heavy atom. The third-order valence-electron chi connectivity index (χ3n) is 3.85. The number of hydrogen-bond acceptors (Lipinski definition) is 2. The van der Waals surface area contributed by atoms with E-state index in [9.17, 15) is 0 Å². The largest absolute Gasteiger partial charge is 0.383 e. The van der Waals surface area contributed by atoms with E-state index in [2.05, 4.69) is 52.5 Å². The van der Waals surface area contributed by atoms with Gasteiger partial charge in [0.1, 0.15) is 17.3 Å². The molecule has 1 aromatic heterocycles. The lowest BCUT2D eigenvalue weighted by molar-refractivity contribution is 0.676. The first-order valence-corrected chi connectivity index (χ1v) is 8.04. The van der Waals surface area contributed by atoms with Crippen molar-refractivity contribution in [1.82, 2.24) is 9.55 Å². The highest BCUT2D eigenvalue weighted by Crippen LogP contribution is 2.41. The number of benzene rings is 1. The molecule has 0 atom stereocenters. The average Bonchev–Trinajstić information content (AvgIpc) is 3.19. The Bertz CT molecular complexity index is 641. The molecule has 0 amide bonds. The highest BCUT2D eigenvalue weighted by Gasteiger charge is 2.29. The summed E-state index contributed by atoms with van der Waals surface area (Å²) >= 11 is 3.59. The first-order chi connectivity index (χ1) is 9.61. The average molecular weight is 334 g/mol. The van der Waals surface area contributed by atoms with Crippen molar-refractivity contribution in [3.63, 3.8) is 0 Å². The fourth-order valence-electron chi connectivity index (χ4n) is 2.59. The molecule has 1 aliphatic carbocycles. The van der Waals surface area contributed by atoms with E-state index in [1.807, 2.05) is 0 Å². The van der Waals surface area contributed by atoms with Gasteiger partial charge < -0.3 is 10.3 Å². The van der Waals surface area contributed by atoms with Crippen LogP contribution in [0.4, 0.5) is 5.82 Å². The first-order valence-electron chi connectivity index (χ1n) is 7.25. The number of halogens is 1. The van der Waals surface area contributed by atoms with Crippen LogP contribution in [0.3, 0.4) is 0 Å². The predicted molar refractivity (Wildman–Crippen MR) is 86.8 cm³/mol. The third kappa shape index (κ3) is 2.37. The number of nitrogens with two attached hydrogens (primary N) is 1. The minimum atomic E-state index is 0.576. The van der Waals surface area contributed by atoms with Crippen molar-refractivity contribution >= 4 is 21.7 Å². The summed E-state index contributed by atoms with van der Waals surface area (Å²) in [7, 11) is 0. The topological polar surface area (TPSA) is 43.8 Å². The molecule has 2 N–H and O–H groups in total. The SMILES string of the molecule is CCCc1nc(-c2ccc(C)c(Br)c2)c(N)n1C1CC1. The van der Waals surface area contributed by atoms with E-state index in [1.54, 1.807) is 0 Å². The molecular weight excluding hydrogens is 314 g/mol. The number of nitrogens with zero attached hydrogens (tertiary/aromatic N) is 2. The molecule has 0 spiro atoms. The molecular formula is C16H20BrN3. The highest BCUT2D eigenvalue weighted by molar-refractivity contribution is 9.10. The summed E-state index contributed by atoms with van der Waals surface area (Å²) in [5.41, 5.74) is 9.63. The summed E-state index contributed by atoms with van der Waals surface area (Å²) in [6.07, 6.45) is 4.55. The predicted octanol–water partition coefficient (Wildman–Crippen LogP) is 4.49. The number of aryl methyl sites for hydroxylation is 2. The van der Waals surface area contributed by atoms with Gasteiger partial charge in [-0.2, -0.15) is 0 Å². The second-order valence-electron chi connectivity index (χ2n) is 5.58. The van der Waals surface area contributed by atoms with Gasteiger partial charge in [0.05, 0.1) is 0 Å². The van der Waals surface area contributed by atoms with Crippen molar-refractivity contribution in [3.05, 3.63) is 34.1 Å². The van der Waals surface area contributed by atoms with Gasteiger partial charge in [0.25, 0.3) is 0 Å². The molecule has 3 nitrogen and oxygen atoms in total. The minimum Gasteiger partial charge on any atom is -0.383 e. The summed E-state index contributed by atoms with van der Waals surface area (Å²) in [5, 5.41) is 0. The van der Waals surface area contributed by atoms with Gasteiger partial charge in [0.15, 0.2) is 0 Å². The van der Waals surface area contributed by atoms with Crippen LogP contribution in [0.2, 0.25) is 0 Å². The molecule has 4 heteroatoms. The van der Waals surface area contributed by atoms with E-state index >= 15 is 0 Å². The zero-order valence-electron chi connectivity index (χ0n) is 12.0. The van der Waals surface area contributed by atoms with Crippen molar-refractivity contribution in [2.24, 2.45) is 0 Å². The normalized spacial score (nSPS) is 14.8. The summed E-state index contributed by atoms with van der Waals surface area (Å²) in [4.78, 5) is 4.82. The number of aromatic nitrogens is 2. The molecule has 3 rings (SSSR count). The number of anilines is 1. The zero-order valence-corrected chi connectivity index (χ0v) is 13.6. The van der Waals surface area contributed by atoms with Crippen LogP contribution in [0.15, 0.2) is 22.7 Å². The summed E-state index contributed by atoms with van der Waals surface area (Å²) in [6, 6.07) is 6.90. The molecule has 0 aliphatic heterocycles. The molecule has 0 unspecified atom stereocenters. The smallest absolute Gasteiger partial charge is 0.131 e. The second-order valence-corrected chi connectivity index (χ2v) is 6.43. The lowest BCUT2D eigenvalue weighted by atomic mass is 10.1. The molecule has 2 aromatic rings. The van der Waals surface area contributed by atoms with E-state index in [1.165, 1.54) is 18.4 Å². The molecule has 20 heavy (non-hydrogen) atoms. The van der Waals surface area contributed by atoms with Crippen molar-refractivity contribution < 1.29 is 0 Å². The van der Waals surface area contributed by atoms with Crippen LogP contribution in [0.25, 0.3) is 11.3 Å². The van der Waals surface area contributed by atoms with Gasteiger partial charge >= 0.3 is 0 Å². The van der Waals surface area contributed by atoms with Crippen LogP contribution in [0, 0.1) is 6.92 Å². The first kappa shape index (κ1) is 13.7. The van der Waals surface area contributed by atoms with E-state index in [4.69, 9.17) is 10.7 Å².